The van der Waals surface area contributed by atoms with E-state index in [2.05, 4.69) is 26.0 Å². The summed E-state index contributed by atoms with van der Waals surface area (Å²) in [4.78, 5) is 10.8. The second kappa shape index (κ2) is 5.82. The predicted molar refractivity (Wildman–Crippen MR) is 75.3 cm³/mol. The maximum absolute atomic E-state index is 10.8. The fraction of sp³-hybridized carbons (Fsp3) is 0.312. The van der Waals surface area contributed by atoms with Gasteiger partial charge in [0.1, 0.15) is 24.4 Å². The van der Waals surface area contributed by atoms with Gasteiger partial charge in [-0.05, 0) is 36.1 Å². The lowest BCUT2D eigenvalue weighted by Crippen LogP contribution is -2.00. The molecule has 4 heteroatoms. The number of carbonyl (C=O) groups is 1. The molecule has 0 fully saturated rings. The first-order valence-corrected chi connectivity index (χ1v) is 6.51. The van der Waals surface area contributed by atoms with Crippen molar-refractivity contribution < 1.29 is 19.1 Å². The van der Waals surface area contributed by atoms with Crippen LogP contribution in [0.2, 0.25) is 0 Å². The lowest BCUT2D eigenvalue weighted by Gasteiger charge is -2.14. The van der Waals surface area contributed by atoms with Crippen molar-refractivity contribution in [2.75, 3.05) is 0 Å². The van der Waals surface area contributed by atoms with Crippen LogP contribution in [0.25, 0.3) is 0 Å². The Labute approximate surface area is 118 Å². The van der Waals surface area contributed by atoms with Crippen molar-refractivity contribution in [1.82, 2.24) is 0 Å². The minimum absolute atomic E-state index is 0.136. The summed E-state index contributed by atoms with van der Waals surface area (Å²) in [7, 11) is 0. The fourth-order valence-corrected chi connectivity index (χ4v) is 1.96. The summed E-state index contributed by atoms with van der Waals surface area (Å²) in [5.41, 5.74) is 2.38. The van der Waals surface area contributed by atoms with Crippen molar-refractivity contribution in [3.63, 3.8) is 0 Å². The van der Waals surface area contributed by atoms with Gasteiger partial charge in [-0.2, -0.15) is 0 Å². The topological polar surface area (TPSA) is 59.7 Å². The van der Waals surface area contributed by atoms with E-state index in [1.54, 1.807) is 0 Å². The molecule has 1 aromatic heterocycles. The standard InChI is InChI=1S/C16H18O4/c1-10(2)14-5-4-11(3)6-15(14)20-9-13-7-12(8-19-13)16(17)18/h4-8,10H,9H2,1-3H3,(H,17,18). The average molecular weight is 274 g/mol. The Morgan fingerprint density at radius 2 is 2.10 bits per heavy atom. The highest BCUT2D eigenvalue weighted by molar-refractivity contribution is 5.87. The predicted octanol–water partition coefficient (Wildman–Crippen LogP) is 3.99. The van der Waals surface area contributed by atoms with Gasteiger partial charge >= 0.3 is 5.97 Å². The lowest BCUT2D eigenvalue weighted by atomic mass is 10.0. The highest BCUT2D eigenvalue weighted by Gasteiger charge is 2.11. The number of rotatable bonds is 5. The van der Waals surface area contributed by atoms with E-state index in [1.807, 2.05) is 13.0 Å². The Morgan fingerprint density at radius 1 is 1.35 bits per heavy atom. The summed E-state index contributed by atoms with van der Waals surface area (Å²) >= 11 is 0. The van der Waals surface area contributed by atoms with E-state index >= 15 is 0 Å². The van der Waals surface area contributed by atoms with Crippen LogP contribution < -0.4 is 4.74 Å². The first-order valence-electron chi connectivity index (χ1n) is 6.51. The molecule has 0 saturated carbocycles. The van der Waals surface area contributed by atoms with Crippen molar-refractivity contribution in [1.29, 1.82) is 0 Å². The van der Waals surface area contributed by atoms with Crippen molar-refractivity contribution >= 4 is 5.97 Å². The normalized spacial score (nSPS) is 10.8. The van der Waals surface area contributed by atoms with E-state index in [0.29, 0.717) is 11.7 Å². The van der Waals surface area contributed by atoms with Crippen LogP contribution in [0.3, 0.4) is 0 Å². The van der Waals surface area contributed by atoms with Crippen molar-refractivity contribution in [2.24, 2.45) is 0 Å². The number of carboxylic acids is 1. The minimum atomic E-state index is -1.00. The van der Waals surface area contributed by atoms with E-state index in [-0.39, 0.29) is 12.2 Å². The SMILES string of the molecule is Cc1ccc(C(C)C)c(OCc2cc(C(=O)O)co2)c1. The molecule has 1 N–H and O–H groups in total. The Hall–Kier alpha value is -2.23. The largest absolute Gasteiger partial charge is 0.485 e. The molecule has 0 bridgehead atoms. The summed E-state index contributed by atoms with van der Waals surface area (Å²) in [5.74, 6) is 0.669. The molecule has 0 amide bonds. The molecule has 4 nitrogen and oxygen atoms in total. The Balaban J connectivity index is 2.13. The van der Waals surface area contributed by atoms with Crippen LogP contribution >= 0.6 is 0 Å². The van der Waals surface area contributed by atoms with Gasteiger partial charge in [0.2, 0.25) is 0 Å². The fourth-order valence-electron chi connectivity index (χ4n) is 1.96. The maximum Gasteiger partial charge on any atom is 0.338 e. The van der Waals surface area contributed by atoms with Crippen LogP contribution in [0.5, 0.6) is 5.75 Å². The van der Waals surface area contributed by atoms with Gasteiger partial charge in [0.25, 0.3) is 0 Å². The summed E-state index contributed by atoms with van der Waals surface area (Å²) in [6.07, 6.45) is 1.22. The monoisotopic (exact) mass is 274 g/mol. The zero-order chi connectivity index (χ0) is 14.7. The van der Waals surface area contributed by atoms with Crippen molar-refractivity contribution in [3.8, 4) is 5.75 Å². The second-order valence-corrected chi connectivity index (χ2v) is 5.09. The minimum Gasteiger partial charge on any atom is -0.485 e. The number of hydrogen-bond donors (Lipinski definition) is 1. The number of ether oxygens (including phenoxy) is 1. The molecule has 106 valence electrons. The first kappa shape index (κ1) is 14.2. The molecule has 2 rings (SSSR count). The van der Waals surface area contributed by atoms with E-state index < -0.39 is 5.97 Å². The van der Waals surface area contributed by atoms with Gasteiger partial charge in [-0.25, -0.2) is 4.79 Å². The highest BCUT2D eigenvalue weighted by Crippen LogP contribution is 2.28. The highest BCUT2D eigenvalue weighted by atomic mass is 16.5. The van der Waals surface area contributed by atoms with Crippen LogP contribution in [-0.2, 0) is 6.61 Å². The lowest BCUT2D eigenvalue weighted by molar-refractivity contribution is 0.0696. The zero-order valence-corrected chi connectivity index (χ0v) is 11.8. The molecule has 0 saturated heterocycles. The molecule has 20 heavy (non-hydrogen) atoms. The Bertz CT molecular complexity index is 611. The average Bonchev–Trinajstić information content (AvgIpc) is 2.85. The van der Waals surface area contributed by atoms with Crippen LogP contribution in [-0.4, -0.2) is 11.1 Å². The molecule has 0 aliphatic carbocycles. The summed E-state index contributed by atoms with van der Waals surface area (Å²) in [5, 5.41) is 8.84. The first-order chi connectivity index (χ1) is 9.47. The van der Waals surface area contributed by atoms with Gasteiger partial charge in [0.05, 0.1) is 5.56 Å². The van der Waals surface area contributed by atoms with E-state index in [1.165, 1.54) is 12.3 Å². The number of hydrogen-bond acceptors (Lipinski definition) is 3. The molecule has 0 radical (unpaired) electrons. The van der Waals surface area contributed by atoms with Gasteiger partial charge in [-0.1, -0.05) is 26.0 Å². The van der Waals surface area contributed by atoms with Crippen molar-refractivity contribution in [3.05, 3.63) is 53.0 Å². The second-order valence-electron chi connectivity index (χ2n) is 5.09. The summed E-state index contributed by atoms with van der Waals surface area (Å²) in [6.45, 7) is 6.43. The van der Waals surface area contributed by atoms with E-state index in [9.17, 15) is 4.79 Å². The number of carboxylic acid groups (broad SMARTS) is 1. The maximum atomic E-state index is 10.8. The molecule has 0 unspecified atom stereocenters. The molecule has 0 atom stereocenters. The van der Waals surface area contributed by atoms with E-state index in [4.69, 9.17) is 14.3 Å². The molecule has 2 aromatic rings. The molecule has 1 aromatic carbocycles. The van der Waals surface area contributed by atoms with Gasteiger partial charge in [-0.15, -0.1) is 0 Å². The van der Waals surface area contributed by atoms with Crippen molar-refractivity contribution in [2.45, 2.75) is 33.3 Å². The smallest absolute Gasteiger partial charge is 0.338 e. The Morgan fingerprint density at radius 3 is 2.70 bits per heavy atom. The van der Waals surface area contributed by atoms with Gasteiger partial charge in [0, 0.05) is 0 Å². The van der Waals surface area contributed by atoms with Crippen LogP contribution in [0.4, 0.5) is 0 Å². The summed E-state index contributed by atoms with van der Waals surface area (Å²) < 4.78 is 10.9. The number of benzene rings is 1. The molecule has 0 aliphatic rings. The Kier molecular flexibility index (Phi) is 4.13. The molecular formula is C16H18O4. The third-order valence-corrected chi connectivity index (χ3v) is 3.06. The van der Waals surface area contributed by atoms with E-state index in [0.717, 1.165) is 16.9 Å². The number of furan rings is 1. The van der Waals surface area contributed by atoms with Gasteiger partial charge in [0.15, 0.2) is 0 Å². The zero-order valence-electron chi connectivity index (χ0n) is 11.8. The number of aryl methyl sites for hydroxylation is 1. The quantitative estimate of drug-likeness (QED) is 0.895. The van der Waals surface area contributed by atoms with Gasteiger partial charge < -0.3 is 14.3 Å². The molecule has 0 spiro atoms. The number of aromatic carboxylic acids is 1. The third kappa shape index (κ3) is 3.20. The third-order valence-electron chi connectivity index (χ3n) is 3.06. The van der Waals surface area contributed by atoms with Crippen LogP contribution in [0.15, 0.2) is 34.9 Å². The van der Waals surface area contributed by atoms with Crippen LogP contribution in [0.1, 0.15) is 47.0 Å². The van der Waals surface area contributed by atoms with Gasteiger partial charge in [-0.3, -0.25) is 0 Å². The molecule has 0 aliphatic heterocycles. The molecule has 1 heterocycles. The molecular weight excluding hydrogens is 256 g/mol. The van der Waals surface area contributed by atoms with Crippen LogP contribution in [0, 0.1) is 6.92 Å². The summed E-state index contributed by atoms with van der Waals surface area (Å²) in [6, 6.07) is 7.57.